The predicted molar refractivity (Wildman–Crippen MR) is 71.1 cm³/mol. The Kier molecular flexibility index (Phi) is 4.57. The van der Waals surface area contributed by atoms with Crippen LogP contribution in [0.2, 0.25) is 0 Å². The van der Waals surface area contributed by atoms with Gasteiger partial charge in [-0.1, -0.05) is 6.07 Å². The van der Waals surface area contributed by atoms with Gasteiger partial charge in [-0.2, -0.15) is 13.2 Å². The fraction of sp³-hybridized carbons (Fsp3) is 0.267. The first-order valence-corrected chi connectivity index (χ1v) is 6.34. The van der Waals surface area contributed by atoms with Crippen LogP contribution >= 0.6 is 0 Å². The number of pyridine rings is 1. The van der Waals surface area contributed by atoms with Crippen LogP contribution in [0, 0.1) is 5.82 Å². The molecule has 1 aromatic carbocycles. The van der Waals surface area contributed by atoms with Crippen LogP contribution in [0.4, 0.5) is 17.6 Å². The molecule has 0 radical (unpaired) electrons. The third kappa shape index (κ3) is 3.78. The maximum Gasteiger partial charge on any atom is 0.419 e. The molecule has 21 heavy (non-hydrogen) atoms. The van der Waals surface area contributed by atoms with Crippen LogP contribution in [0.25, 0.3) is 0 Å². The lowest BCUT2D eigenvalue weighted by molar-refractivity contribution is -0.140. The molecule has 0 aliphatic carbocycles. The molecule has 1 N–H and O–H groups in total. The summed E-state index contributed by atoms with van der Waals surface area (Å²) < 4.78 is 51.6. The first-order chi connectivity index (χ1) is 9.91. The maximum atomic E-state index is 13.3. The number of benzene rings is 1. The van der Waals surface area contributed by atoms with E-state index in [4.69, 9.17) is 0 Å². The van der Waals surface area contributed by atoms with E-state index in [0.717, 1.165) is 17.7 Å². The van der Waals surface area contributed by atoms with Gasteiger partial charge in [0.1, 0.15) is 5.82 Å². The molecule has 112 valence electrons. The molecule has 0 saturated carbocycles. The third-order valence-corrected chi connectivity index (χ3v) is 3.24. The number of alkyl halides is 3. The normalized spacial score (nSPS) is 13.2. The van der Waals surface area contributed by atoms with Gasteiger partial charge in [0, 0.05) is 18.4 Å². The van der Waals surface area contributed by atoms with Gasteiger partial charge in [-0.3, -0.25) is 4.98 Å². The van der Waals surface area contributed by atoms with Gasteiger partial charge in [0.25, 0.3) is 0 Å². The molecule has 1 heterocycles. The fourth-order valence-electron chi connectivity index (χ4n) is 2.12. The standard InChI is InChI=1S/C15H14F4N2/c1-20-14(8-10-4-6-21-7-5-10)11-2-3-13(16)12(9-11)15(17,18)19/h2-7,9,14,20H,8H2,1H3. The van der Waals surface area contributed by atoms with E-state index in [1.54, 1.807) is 31.6 Å². The van der Waals surface area contributed by atoms with Crippen molar-refractivity contribution in [3.05, 3.63) is 65.2 Å². The van der Waals surface area contributed by atoms with Crippen molar-refractivity contribution >= 4 is 0 Å². The molecule has 6 heteroatoms. The van der Waals surface area contributed by atoms with Crippen molar-refractivity contribution in [2.75, 3.05) is 7.05 Å². The van der Waals surface area contributed by atoms with E-state index in [2.05, 4.69) is 10.3 Å². The summed E-state index contributed by atoms with van der Waals surface area (Å²) in [6.07, 6.45) is -0.973. The number of rotatable bonds is 4. The minimum absolute atomic E-state index is 0.339. The van der Waals surface area contributed by atoms with E-state index in [-0.39, 0.29) is 6.04 Å². The topological polar surface area (TPSA) is 24.9 Å². The van der Waals surface area contributed by atoms with Crippen LogP contribution in [-0.4, -0.2) is 12.0 Å². The third-order valence-electron chi connectivity index (χ3n) is 3.24. The molecule has 0 fully saturated rings. The Labute approximate surface area is 119 Å². The fourth-order valence-corrected chi connectivity index (χ4v) is 2.12. The number of nitrogens with zero attached hydrogens (tertiary/aromatic N) is 1. The van der Waals surface area contributed by atoms with Gasteiger partial charge in [-0.25, -0.2) is 4.39 Å². The molecule has 2 nitrogen and oxygen atoms in total. The summed E-state index contributed by atoms with van der Waals surface area (Å²) in [6, 6.07) is 6.32. The number of halogens is 4. The second-order valence-corrected chi connectivity index (χ2v) is 4.64. The molecule has 2 rings (SSSR count). The Morgan fingerprint density at radius 2 is 1.81 bits per heavy atom. The zero-order valence-electron chi connectivity index (χ0n) is 11.3. The Hall–Kier alpha value is -1.95. The van der Waals surface area contributed by atoms with Crippen molar-refractivity contribution in [3.8, 4) is 0 Å². The lowest BCUT2D eigenvalue weighted by Gasteiger charge is -2.18. The second-order valence-electron chi connectivity index (χ2n) is 4.64. The summed E-state index contributed by atoms with van der Waals surface area (Å²) in [5.41, 5.74) is 0.0836. The molecule has 0 bridgehead atoms. The van der Waals surface area contributed by atoms with Crippen molar-refractivity contribution < 1.29 is 17.6 Å². The van der Waals surface area contributed by atoms with Crippen LogP contribution in [0.15, 0.2) is 42.7 Å². The maximum absolute atomic E-state index is 13.3. The summed E-state index contributed by atoms with van der Waals surface area (Å²) in [6.45, 7) is 0. The van der Waals surface area contributed by atoms with Gasteiger partial charge in [-0.15, -0.1) is 0 Å². The van der Waals surface area contributed by atoms with Gasteiger partial charge < -0.3 is 5.32 Å². The first-order valence-electron chi connectivity index (χ1n) is 6.34. The van der Waals surface area contributed by atoms with Gasteiger partial charge in [0.2, 0.25) is 0 Å². The first kappa shape index (κ1) is 15.4. The average Bonchev–Trinajstić information content (AvgIpc) is 2.45. The minimum atomic E-state index is -4.70. The Bertz CT molecular complexity index is 596. The summed E-state index contributed by atoms with van der Waals surface area (Å²) >= 11 is 0. The summed E-state index contributed by atoms with van der Waals surface area (Å²) in [7, 11) is 1.66. The van der Waals surface area contributed by atoms with Gasteiger partial charge in [0.15, 0.2) is 0 Å². The highest BCUT2D eigenvalue weighted by Crippen LogP contribution is 2.33. The van der Waals surface area contributed by atoms with E-state index in [1.165, 1.54) is 6.07 Å². The minimum Gasteiger partial charge on any atom is -0.313 e. The summed E-state index contributed by atoms with van der Waals surface area (Å²) in [5.74, 6) is -1.26. The van der Waals surface area contributed by atoms with Crippen LogP contribution < -0.4 is 5.32 Å². The van der Waals surface area contributed by atoms with E-state index in [1.807, 2.05) is 0 Å². The molecule has 0 saturated heterocycles. The average molecular weight is 298 g/mol. The van der Waals surface area contributed by atoms with E-state index in [0.29, 0.717) is 12.0 Å². The molecule has 0 aliphatic heterocycles. The van der Waals surface area contributed by atoms with Crippen LogP contribution in [-0.2, 0) is 12.6 Å². The molecule has 0 amide bonds. The van der Waals surface area contributed by atoms with Crippen molar-refractivity contribution in [1.29, 1.82) is 0 Å². The Morgan fingerprint density at radius 1 is 1.14 bits per heavy atom. The molecular weight excluding hydrogens is 284 g/mol. The molecule has 0 aliphatic rings. The van der Waals surface area contributed by atoms with E-state index >= 15 is 0 Å². The second kappa shape index (κ2) is 6.22. The van der Waals surface area contributed by atoms with Gasteiger partial charge >= 0.3 is 6.18 Å². The van der Waals surface area contributed by atoms with Crippen LogP contribution in [0.3, 0.4) is 0 Å². The molecule has 2 aromatic rings. The van der Waals surface area contributed by atoms with Crippen molar-refractivity contribution in [2.45, 2.75) is 18.6 Å². The summed E-state index contributed by atoms with van der Waals surface area (Å²) in [4.78, 5) is 3.89. The van der Waals surface area contributed by atoms with Crippen molar-refractivity contribution in [2.24, 2.45) is 0 Å². The van der Waals surface area contributed by atoms with Gasteiger partial charge in [0.05, 0.1) is 5.56 Å². The van der Waals surface area contributed by atoms with Crippen LogP contribution in [0.5, 0.6) is 0 Å². The highest BCUT2D eigenvalue weighted by Gasteiger charge is 2.34. The lowest BCUT2D eigenvalue weighted by atomic mass is 9.97. The van der Waals surface area contributed by atoms with Crippen molar-refractivity contribution in [3.63, 3.8) is 0 Å². The van der Waals surface area contributed by atoms with E-state index < -0.39 is 17.6 Å². The van der Waals surface area contributed by atoms with Gasteiger partial charge in [-0.05, 0) is 48.9 Å². The smallest absolute Gasteiger partial charge is 0.313 e. The largest absolute Gasteiger partial charge is 0.419 e. The summed E-state index contributed by atoms with van der Waals surface area (Å²) in [5, 5.41) is 2.95. The quantitative estimate of drug-likeness (QED) is 0.870. The number of aromatic nitrogens is 1. The number of likely N-dealkylation sites (N-methyl/N-ethyl adjacent to an activating group) is 1. The number of nitrogens with one attached hydrogen (secondary N) is 1. The number of hydrogen-bond acceptors (Lipinski definition) is 2. The van der Waals surface area contributed by atoms with Crippen LogP contribution in [0.1, 0.15) is 22.7 Å². The van der Waals surface area contributed by atoms with Crippen molar-refractivity contribution in [1.82, 2.24) is 10.3 Å². The molecule has 1 aromatic heterocycles. The zero-order chi connectivity index (χ0) is 15.5. The molecule has 0 spiro atoms. The highest BCUT2D eigenvalue weighted by molar-refractivity contribution is 5.30. The SMILES string of the molecule is CNC(Cc1ccncc1)c1ccc(F)c(C(F)(F)F)c1. The lowest BCUT2D eigenvalue weighted by Crippen LogP contribution is -2.20. The number of hydrogen-bond donors (Lipinski definition) is 1. The molecule has 1 unspecified atom stereocenters. The Balaban J connectivity index is 2.30. The van der Waals surface area contributed by atoms with E-state index in [9.17, 15) is 17.6 Å². The molecule has 1 atom stereocenters. The molecular formula is C15H14F4N2. The predicted octanol–water partition coefficient (Wildman–Crippen LogP) is 3.74. The monoisotopic (exact) mass is 298 g/mol. The zero-order valence-corrected chi connectivity index (χ0v) is 11.3. The highest BCUT2D eigenvalue weighted by atomic mass is 19.4. The Morgan fingerprint density at radius 3 is 2.38 bits per heavy atom.